The lowest BCUT2D eigenvalue weighted by Crippen LogP contribution is -2.31. The van der Waals surface area contributed by atoms with E-state index in [1.165, 1.54) is 28.1 Å². The van der Waals surface area contributed by atoms with Gasteiger partial charge in [0.1, 0.15) is 0 Å². The number of rotatable bonds is 2. The van der Waals surface area contributed by atoms with E-state index >= 15 is 0 Å². The lowest BCUT2D eigenvalue weighted by atomic mass is 9.95. The summed E-state index contributed by atoms with van der Waals surface area (Å²) in [5, 5.41) is 3.43. The average molecular weight is 231 g/mol. The van der Waals surface area contributed by atoms with Crippen LogP contribution in [0.1, 0.15) is 24.6 Å². The first-order valence-corrected chi connectivity index (χ1v) is 6.20. The summed E-state index contributed by atoms with van der Waals surface area (Å²) >= 11 is 0. The van der Waals surface area contributed by atoms with E-state index in [0.717, 1.165) is 25.9 Å². The molecule has 1 aliphatic rings. The Kier molecular flexibility index (Phi) is 3.79. The van der Waals surface area contributed by atoms with Gasteiger partial charge >= 0.3 is 0 Å². The maximum absolute atomic E-state index is 4.41. The van der Waals surface area contributed by atoms with Gasteiger partial charge in [-0.1, -0.05) is 5.57 Å². The van der Waals surface area contributed by atoms with Crippen LogP contribution in [0, 0.1) is 6.92 Å². The molecule has 0 saturated carbocycles. The molecule has 2 heterocycles. The minimum absolute atomic E-state index is 0.960. The van der Waals surface area contributed by atoms with Crippen molar-refractivity contribution in [2.75, 3.05) is 20.1 Å². The molecule has 0 atom stereocenters. The highest BCUT2D eigenvalue weighted by Crippen LogP contribution is 2.18. The van der Waals surface area contributed by atoms with Crippen molar-refractivity contribution in [3.63, 3.8) is 0 Å². The largest absolute Gasteiger partial charge is 0.365 e. The van der Waals surface area contributed by atoms with Crippen LogP contribution in [0.25, 0.3) is 0 Å². The molecule has 0 radical (unpaired) electrons. The smallest absolute Gasteiger partial charge is 0.0401 e. The molecule has 1 aliphatic heterocycles. The van der Waals surface area contributed by atoms with E-state index in [0.29, 0.717) is 0 Å². The maximum Gasteiger partial charge on any atom is 0.0401 e. The summed E-state index contributed by atoms with van der Waals surface area (Å²) in [4.78, 5) is 7.65. The Balaban J connectivity index is 2.22. The van der Waals surface area contributed by atoms with Crippen molar-refractivity contribution in [1.29, 1.82) is 0 Å². The van der Waals surface area contributed by atoms with Gasteiger partial charge in [0.15, 0.2) is 0 Å². The second-order valence-corrected chi connectivity index (χ2v) is 4.66. The molecule has 2 N–H and O–H groups in total. The normalized spacial score (nSPS) is 21.9. The number of piperidine rings is 1. The SMILES string of the molecule is CN=C1CCNC/C1=C(/C)Cc1cc[nH]c1C. The first kappa shape index (κ1) is 12.1. The fraction of sp³-hybridized carbons (Fsp3) is 0.500. The molecular formula is C14H21N3. The quantitative estimate of drug-likeness (QED) is 0.805. The van der Waals surface area contributed by atoms with Gasteiger partial charge in [-0.2, -0.15) is 0 Å². The van der Waals surface area contributed by atoms with Crippen molar-refractivity contribution >= 4 is 5.71 Å². The molecule has 0 amide bonds. The van der Waals surface area contributed by atoms with E-state index in [4.69, 9.17) is 0 Å². The van der Waals surface area contributed by atoms with Crippen LogP contribution in [0.15, 0.2) is 28.4 Å². The molecule has 1 fully saturated rings. The van der Waals surface area contributed by atoms with Crippen LogP contribution in [0.2, 0.25) is 0 Å². The van der Waals surface area contributed by atoms with Crippen molar-refractivity contribution in [2.45, 2.75) is 26.7 Å². The molecule has 0 bridgehead atoms. The number of aromatic amines is 1. The monoisotopic (exact) mass is 231 g/mol. The number of nitrogens with zero attached hydrogens (tertiary/aromatic N) is 1. The minimum atomic E-state index is 0.960. The van der Waals surface area contributed by atoms with Crippen molar-refractivity contribution in [1.82, 2.24) is 10.3 Å². The fourth-order valence-electron chi connectivity index (χ4n) is 2.39. The van der Waals surface area contributed by atoms with E-state index in [-0.39, 0.29) is 0 Å². The first-order chi connectivity index (χ1) is 8.22. The first-order valence-electron chi connectivity index (χ1n) is 6.20. The van der Waals surface area contributed by atoms with Crippen LogP contribution in [-0.2, 0) is 6.42 Å². The topological polar surface area (TPSA) is 40.2 Å². The predicted molar refractivity (Wildman–Crippen MR) is 72.8 cm³/mol. The summed E-state index contributed by atoms with van der Waals surface area (Å²) in [7, 11) is 1.90. The lowest BCUT2D eigenvalue weighted by Gasteiger charge is -2.21. The summed E-state index contributed by atoms with van der Waals surface area (Å²) in [6.07, 6.45) is 4.08. The van der Waals surface area contributed by atoms with Crippen molar-refractivity contribution in [3.05, 3.63) is 34.7 Å². The lowest BCUT2D eigenvalue weighted by molar-refractivity contribution is 0.723. The van der Waals surface area contributed by atoms with Gasteiger partial charge in [0.05, 0.1) is 0 Å². The molecule has 92 valence electrons. The number of aromatic nitrogens is 1. The van der Waals surface area contributed by atoms with E-state index in [9.17, 15) is 0 Å². The highest BCUT2D eigenvalue weighted by molar-refractivity contribution is 6.01. The summed E-state index contributed by atoms with van der Waals surface area (Å²) < 4.78 is 0. The minimum Gasteiger partial charge on any atom is -0.365 e. The number of aryl methyl sites for hydroxylation is 1. The summed E-state index contributed by atoms with van der Waals surface area (Å²) in [5.41, 5.74) is 6.76. The molecule has 0 spiro atoms. The Bertz CT molecular complexity index is 452. The van der Waals surface area contributed by atoms with Gasteiger partial charge in [-0.25, -0.2) is 0 Å². The maximum atomic E-state index is 4.41. The Morgan fingerprint density at radius 3 is 2.94 bits per heavy atom. The van der Waals surface area contributed by atoms with Gasteiger partial charge in [0.25, 0.3) is 0 Å². The Labute approximate surface area is 103 Å². The third-order valence-electron chi connectivity index (χ3n) is 3.50. The summed E-state index contributed by atoms with van der Waals surface area (Å²) in [6, 6.07) is 2.17. The molecule has 1 saturated heterocycles. The Morgan fingerprint density at radius 2 is 2.29 bits per heavy atom. The Morgan fingerprint density at radius 1 is 1.47 bits per heavy atom. The highest BCUT2D eigenvalue weighted by Gasteiger charge is 2.15. The van der Waals surface area contributed by atoms with Crippen LogP contribution < -0.4 is 5.32 Å². The molecule has 0 aliphatic carbocycles. The van der Waals surface area contributed by atoms with Gasteiger partial charge < -0.3 is 10.3 Å². The summed E-state index contributed by atoms with van der Waals surface area (Å²) in [6.45, 7) is 6.36. The Hall–Kier alpha value is -1.35. The van der Waals surface area contributed by atoms with Gasteiger partial charge in [-0.3, -0.25) is 4.99 Å². The summed E-state index contributed by atoms with van der Waals surface area (Å²) in [5.74, 6) is 0. The number of hydrogen-bond acceptors (Lipinski definition) is 2. The molecule has 3 nitrogen and oxygen atoms in total. The second kappa shape index (κ2) is 5.32. The van der Waals surface area contributed by atoms with E-state index < -0.39 is 0 Å². The average Bonchev–Trinajstić information content (AvgIpc) is 2.75. The zero-order valence-electron chi connectivity index (χ0n) is 10.9. The van der Waals surface area contributed by atoms with Crippen molar-refractivity contribution in [2.24, 2.45) is 4.99 Å². The highest BCUT2D eigenvalue weighted by atomic mass is 14.9. The second-order valence-electron chi connectivity index (χ2n) is 4.66. The number of allylic oxidation sites excluding steroid dienone is 1. The fourth-order valence-corrected chi connectivity index (χ4v) is 2.39. The zero-order valence-corrected chi connectivity index (χ0v) is 10.9. The van der Waals surface area contributed by atoms with Crippen LogP contribution in [0.5, 0.6) is 0 Å². The molecule has 0 aromatic carbocycles. The van der Waals surface area contributed by atoms with Crippen LogP contribution in [-0.4, -0.2) is 30.8 Å². The van der Waals surface area contributed by atoms with Crippen molar-refractivity contribution < 1.29 is 0 Å². The molecule has 1 aromatic heterocycles. The van der Waals surface area contributed by atoms with Gasteiger partial charge in [0, 0.05) is 44.2 Å². The number of H-pyrrole nitrogens is 1. The molecule has 1 aromatic rings. The number of hydrogen-bond donors (Lipinski definition) is 2. The number of nitrogens with one attached hydrogen (secondary N) is 2. The number of aliphatic imine (C=N–C) groups is 1. The van der Waals surface area contributed by atoms with E-state index in [2.05, 4.69) is 35.2 Å². The van der Waals surface area contributed by atoms with Crippen LogP contribution >= 0.6 is 0 Å². The molecule has 3 heteroatoms. The molecule has 2 rings (SSSR count). The predicted octanol–water partition coefficient (Wildman–Crippen LogP) is 2.25. The van der Waals surface area contributed by atoms with Gasteiger partial charge in [0.2, 0.25) is 0 Å². The molecule has 17 heavy (non-hydrogen) atoms. The van der Waals surface area contributed by atoms with E-state index in [1.54, 1.807) is 0 Å². The van der Waals surface area contributed by atoms with Crippen LogP contribution in [0.3, 0.4) is 0 Å². The van der Waals surface area contributed by atoms with Gasteiger partial charge in [-0.05, 0) is 37.5 Å². The van der Waals surface area contributed by atoms with Crippen molar-refractivity contribution in [3.8, 4) is 0 Å². The third-order valence-corrected chi connectivity index (χ3v) is 3.50. The molecular weight excluding hydrogens is 210 g/mol. The zero-order chi connectivity index (χ0) is 12.3. The van der Waals surface area contributed by atoms with Gasteiger partial charge in [-0.15, -0.1) is 0 Å². The van der Waals surface area contributed by atoms with E-state index in [1.807, 2.05) is 13.2 Å². The van der Waals surface area contributed by atoms with Crippen LogP contribution in [0.4, 0.5) is 0 Å². The third kappa shape index (κ3) is 2.67. The molecule has 0 unspecified atom stereocenters. The standard InChI is InChI=1S/C14H21N3/c1-10(8-12-4-7-17-11(12)2)13-9-16-6-5-14(13)15-3/h4,7,16-17H,5-6,8-9H2,1-3H3/b13-10+,15-14?.